The zero-order valence-electron chi connectivity index (χ0n) is 8.86. The number of alkyl carbamates (subject to hydrolysis) is 1. The van der Waals surface area contributed by atoms with Crippen molar-refractivity contribution >= 4 is 12.1 Å². The molecule has 1 amide bonds. The molecular weight excluding hydrogens is 198 g/mol. The van der Waals surface area contributed by atoms with Gasteiger partial charge in [-0.25, -0.2) is 4.79 Å². The van der Waals surface area contributed by atoms with Crippen molar-refractivity contribution in [1.82, 2.24) is 5.32 Å². The second kappa shape index (κ2) is 5.58. The number of carboxylic acid groups (broad SMARTS) is 1. The molecule has 1 saturated carbocycles. The highest BCUT2D eigenvalue weighted by molar-refractivity contribution is 5.79. The smallest absolute Gasteiger partial charge is 0.408 e. The van der Waals surface area contributed by atoms with E-state index in [1.807, 2.05) is 0 Å². The largest absolute Gasteiger partial charge is 0.480 e. The number of rotatable bonds is 3. The topological polar surface area (TPSA) is 75.6 Å². The molecular formula is C10H17NO4. The van der Waals surface area contributed by atoms with Crippen LogP contribution in [0.3, 0.4) is 0 Å². The first-order chi connectivity index (χ1) is 7.09. The van der Waals surface area contributed by atoms with E-state index in [0.717, 1.165) is 25.7 Å². The summed E-state index contributed by atoms with van der Waals surface area (Å²) in [5.41, 5.74) is 0. The van der Waals surface area contributed by atoms with Crippen LogP contribution in [0, 0.1) is 0 Å². The van der Waals surface area contributed by atoms with E-state index >= 15 is 0 Å². The maximum Gasteiger partial charge on any atom is 0.408 e. The maximum absolute atomic E-state index is 11.2. The van der Waals surface area contributed by atoms with Gasteiger partial charge in [0.25, 0.3) is 0 Å². The highest BCUT2D eigenvalue weighted by Crippen LogP contribution is 2.20. The van der Waals surface area contributed by atoms with Crippen LogP contribution in [-0.4, -0.2) is 29.3 Å². The van der Waals surface area contributed by atoms with E-state index in [0.29, 0.717) is 0 Å². The molecule has 0 heterocycles. The molecule has 0 radical (unpaired) electrons. The zero-order chi connectivity index (χ0) is 11.3. The molecule has 1 atom stereocenters. The molecule has 0 saturated heterocycles. The Bertz CT molecular complexity index is 236. The molecule has 1 aliphatic rings. The fourth-order valence-electron chi connectivity index (χ4n) is 1.61. The monoisotopic (exact) mass is 215 g/mol. The van der Waals surface area contributed by atoms with E-state index in [2.05, 4.69) is 5.32 Å². The van der Waals surface area contributed by atoms with Crippen LogP contribution in [0.5, 0.6) is 0 Å². The van der Waals surface area contributed by atoms with Crippen LogP contribution in [0.4, 0.5) is 4.79 Å². The minimum Gasteiger partial charge on any atom is -0.480 e. The number of hydrogen-bond donors (Lipinski definition) is 2. The molecule has 15 heavy (non-hydrogen) atoms. The summed E-state index contributed by atoms with van der Waals surface area (Å²) < 4.78 is 5.10. The summed E-state index contributed by atoms with van der Waals surface area (Å²) in [6.45, 7) is 1.41. The van der Waals surface area contributed by atoms with Gasteiger partial charge < -0.3 is 15.2 Å². The number of carboxylic acids is 1. The molecule has 0 aromatic heterocycles. The molecule has 5 heteroatoms. The quantitative estimate of drug-likeness (QED) is 0.748. The van der Waals surface area contributed by atoms with Gasteiger partial charge in [-0.3, -0.25) is 4.79 Å². The van der Waals surface area contributed by atoms with E-state index in [1.165, 1.54) is 13.3 Å². The van der Waals surface area contributed by atoms with E-state index < -0.39 is 18.1 Å². The molecule has 86 valence electrons. The highest BCUT2D eigenvalue weighted by atomic mass is 16.6. The minimum atomic E-state index is -1.06. The standard InChI is InChI=1S/C10H17NO4/c1-7(9(12)13)11-10(14)15-8-5-3-2-4-6-8/h7-8H,2-6H2,1H3,(H,11,14)(H,12,13)/t7-/m0/s1. The first-order valence-corrected chi connectivity index (χ1v) is 5.29. The van der Waals surface area contributed by atoms with E-state index in [9.17, 15) is 9.59 Å². The summed E-state index contributed by atoms with van der Waals surface area (Å²) in [6.07, 6.45) is 4.44. The summed E-state index contributed by atoms with van der Waals surface area (Å²) >= 11 is 0. The summed E-state index contributed by atoms with van der Waals surface area (Å²) in [5, 5.41) is 10.8. The van der Waals surface area contributed by atoms with Crippen LogP contribution >= 0.6 is 0 Å². The molecule has 0 aromatic carbocycles. The predicted molar refractivity (Wildman–Crippen MR) is 53.6 cm³/mol. The summed E-state index contributed by atoms with van der Waals surface area (Å²) in [7, 11) is 0. The normalized spacial score (nSPS) is 19.3. The van der Waals surface area contributed by atoms with Crippen LogP contribution < -0.4 is 5.32 Å². The molecule has 1 rings (SSSR count). The van der Waals surface area contributed by atoms with Gasteiger partial charge in [-0.2, -0.15) is 0 Å². The number of amides is 1. The van der Waals surface area contributed by atoms with Crippen molar-refractivity contribution in [3.05, 3.63) is 0 Å². The second-order valence-electron chi connectivity index (χ2n) is 3.87. The highest BCUT2D eigenvalue weighted by Gasteiger charge is 2.20. The SMILES string of the molecule is C[C@H](NC(=O)OC1CCCCC1)C(=O)O. The van der Waals surface area contributed by atoms with Gasteiger partial charge in [0.05, 0.1) is 0 Å². The van der Waals surface area contributed by atoms with Crippen LogP contribution in [0.2, 0.25) is 0 Å². The Morgan fingerprint density at radius 3 is 2.47 bits per heavy atom. The number of aliphatic carboxylic acids is 1. The molecule has 0 aromatic rings. The lowest BCUT2D eigenvalue weighted by molar-refractivity contribution is -0.138. The van der Waals surface area contributed by atoms with Crippen molar-refractivity contribution in [3.8, 4) is 0 Å². The maximum atomic E-state index is 11.2. The lowest BCUT2D eigenvalue weighted by Gasteiger charge is -2.22. The fourth-order valence-corrected chi connectivity index (χ4v) is 1.61. The third-order valence-corrected chi connectivity index (χ3v) is 2.53. The summed E-state index contributed by atoms with van der Waals surface area (Å²) in [5.74, 6) is -1.06. The van der Waals surface area contributed by atoms with E-state index in [1.54, 1.807) is 0 Å². The lowest BCUT2D eigenvalue weighted by Crippen LogP contribution is -2.40. The van der Waals surface area contributed by atoms with Crippen molar-refractivity contribution in [2.24, 2.45) is 0 Å². The van der Waals surface area contributed by atoms with Crippen LogP contribution in [0.25, 0.3) is 0 Å². The zero-order valence-corrected chi connectivity index (χ0v) is 8.86. The van der Waals surface area contributed by atoms with Gasteiger partial charge in [-0.1, -0.05) is 6.42 Å². The number of carbonyl (C=O) groups is 2. The molecule has 0 unspecified atom stereocenters. The summed E-state index contributed by atoms with van der Waals surface area (Å²) in [6, 6.07) is -0.902. The van der Waals surface area contributed by atoms with Gasteiger partial charge in [0.15, 0.2) is 0 Å². The minimum absolute atomic E-state index is 0.0419. The average Bonchev–Trinajstić information content (AvgIpc) is 2.18. The Labute approximate surface area is 88.8 Å². The fraction of sp³-hybridized carbons (Fsp3) is 0.800. The molecule has 1 aliphatic carbocycles. The third kappa shape index (κ3) is 4.18. The average molecular weight is 215 g/mol. The molecule has 2 N–H and O–H groups in total. The van der Waals surface area contributed by atoms with Gasteiger partial charge in [0.2, 0.25) is 0 Å². The lowest BCUT2D eigenvalue weighted by atomic mass is 9.98. The van der Waals surface area contributed by atoms with E-state index in [-0.39, 0.29) is 6.10 Å². The van der Waals surface area contributed by atoms with Gasteiger partial charge in [0, 0.05) is 0 Å². The van der Waals surface area contributed by atoms with Crippen molar-refractivity contribution < 1.29 is 19.4 Å². The Hall–Kier alpha value is -1.26. The summed E-state index contributed by atoms with van der Waals surface area (Å²) in [4.78, 5) is 21.7. The Balaban J connectivity index is 2.25. The number of nitrogens with one attached hydrogen (secondary N) is 1. The first kappa shape index (κ1) is 11.8. The molecule has 5 nitrogen and oxygen atoms in total. The number of hydrogen-bond acceptors (Lipinski definition) is 3. The van der Waals surface area contributed by atoms with Crippen LogP contribution in [0.15, 0.2) is 0 Å². The number of carbonyl (C=O) groups excluding carboxylic acids is 1. The van der Waals surface area contributed by atoms with Crippen molar-refractivity contribution in [1.29, 1.82) is 0 Å². The van der Waals surface area contributed by atoms with Gasteiger partial charge in [-0.15, -0.1) is 0 Å². The van der Waals surface area contributed by atoms with Crippen molar-refractivity contribution in [2.45, 2.75) is 51.2 Å². The molecule has 0 bridgehead atoms. The van der Waals surface area contributed by atoms with Gasteiger partial charge >= 0.3 is 12.1 Å². The van der Waals surface area contributed by atoms with Crippen molar-refractivity contribution in [2.75, 3.05) is 0 Å². The second-order valence-corrected chi connectivity index (χ2v) is 3.87. The Morgan fingerprint density at radius 2 is 1.93 bits per heavy atom. The Kier molecular flexibility index (Phi) is 4.39. The predicted octanol–water partition coefficient (Wildman–Crippen LogP) is 1.52. The molecule has 0 aliphatic heterocycles. The van der Waals surface area contributed by atoms with Gasteiger partial charge in [0.1, 0.15) is 12.1 Å². The van der Waals surface area contributed by atoms with Crippen LogP contribution in [-0.2, 0) is 9.53 Å². The molecule has 1 fully saturated rings. The van der Waals surface area contributed by atoms with Gasteiger partial charge in [-0.05, 0) is 32.6 Å². The van der Waals surface area contributed by atoms with E-state index in [4.69, 9.17) is 9.84 Å². The molecule has 0 spiro atoms. The number of ether oxygens (including phenoxy) is 1. The third-order valence-electron chi connectivity index (χ3n) is 2.53. The van der Waals surface area contributed by atoms with Crippen LogP contribution in [0.1, 0.15) is 39.0 Å². The Morgan fingerprint density at radius 1 is 1.33 bits per heavy atom. The first-order valence-electron chi connectivity index (χ1n) is 5.29. The van der Waals surface area contributed by atoms with Crippen molar-refractivity contribution in [3.63, 3.8) is 0 Å².